The summed E-state index contributed by atoms with van der Waals surface area (Å²) in [6.45, 7) is 4.04. The molecule has 0 saturated heterocycles. The highest BCUT2D eigenvalue weighted by Gasteiger charge is 2.35. The van der Waals surface area contributed by atoms with Crippen molar-refractivity contribution in [1.82, 2.24) is 4.57 Å². The Balaban J connectivity index is 1.61. The normalized spacial score (nSPS) is 14.5. The molecule has 0 fully saturated rings. The van der Waals surface area contributed by atoms with Crippen LogP contribution in [0.25, 0.3) is 6.08 Å². The lowest BCUT2D eigenvalue weighted by Crippen LogP contribution is -2.40. The van der Waals surface area contributed by atoms with Crippen molar-refractivity contribution in [1.29, 1.82) is 0 Å². The minimum absolute atomic E-state index is 0.173. The molecule has 2 heterocycles. The molecule has 0 aliphatic carbocycles. The van der Waals surface area contributed by atoms with E-state index in [-0.39, 0.29) is 17.7 Å². The van der Waals surface area contributed by atoms with Crippen LogP contribution in [0.15, 0.2) is 86.2 Å². The number of hydrogen-bond acceptors (Lipinski definition) is 9. The van der Waals surface area contributed by atoms with Crippen molar-refractivity contribution >= 4 is 39.3 Å². The number of thiazole rings is 1. The highest BCUT2D eigenvalue weighted by Crippen LogP contribution is 2.41. The maximum absolute atomic E-state index is 14.1. The molecule has 0 unspecified atom stereocenters. The fraction of sp³-hybridized carbons (Fsp3) is 0.242. The third kappa shape index (κ3) is 6.15. The number of aromatic nitrogens is 1. The van der Waals surface area contributed by atoms with E-state index in [1.807, 2.05) is 48.5 Å². The van der Waals surface area contributed by atoms with E-state index in [4.69, 9.17) is 23.7 Å². The first kappa shape index (κ1) is 31.1. The molecule has 1 atom stereocenters. The van der Waals surface area contributed by atoms with Crippen molar-refractivity contribution in [2.24, 2.45) is 4.99 Å². The summed E-state index contributed by atoms with van der Waals surface area (Å²) in [5, 5.41) is 0. The molecule has 9 nitrogen and oxygen atoms in total. The molecule has 4 aromatic rings. The molecule has 1 aliphatic heterocycles. The average Bonchev–Trinajstić information content (AvgIpc) is 3.33. The number of carbonyl (C=O) groups excluding carboxylic acids is 1. The number of benzene rings is 3. The van der Waals surface area contributed by atoms with Gasteiger partial charge < -0.3 is 23.7 Å². The molecule has 11 heteroatoms. The van der Waals surface area contributed by atoms with Crippen molar-refractivity contribution in [3.63, 3.8) is 0 Å². The Kier molecular flexibility index (Phi) is 9.55. The van der Waals surface area contributed by atoms with E-state index in [2.05, 4.69) is 20.9 Å². The van der Waals surface area contributed by atoms with Crippen LogP contribution in [0.1, 0.15) is 36.6 Å². The minimum atomic E-state index is -0.829. The van der Waals surface area contributed by atoms with Gasteiger partial charge in [-0.05, 0) is 60.9 Å². The molecular formula is C33H31BrN2O7S. The standard InChI is InChI=1S/C33H31BrN2O7S/c1-6-42-32(38)29-19(2)35-33-36(30(29)22-16-26(40-4)27(41-5)17-23(22)34)31(37)28(44-33)15-21-12-13-24(25(14-21)39-3)43-18-20-10-8-7-9-11-20/h7-17,30H,6,18H2,1-5H3/b28-15-/t30-/m1/s1. The van der Waals surface area contributed by atoms with E-state index in [0.29, 0.717) is 54.7 Å². The third-order valence-corrected chi connectivity index (χ3v) is 8.71. The fourth-order valence-corrected chi connectivity index (χ4v) is 6.53. The predicted octanol–water partition coefficient (Wildman–Crippen LogP) is 5.17. The second-order valence-electron chi connectivity index (χ2n) is 9.72. The Morgan fingerprint density at radius 2 is 1.66 bits per heavy atom. The van der Waals surface area contributed by atoms with Crippen molar-refractivity contribution in [3.05, 3.63) is 113 Å². The number of nitrogens with zero attached hydrogens (tertiary/aromatic N) is 2. The van der Waals surface area contributed by atoms with Crippen LogP contribution in [0.3, 0.4) is 0 Å². The van der Waals surface area contributed by atoms with E-state index in [9.17, 15) is 9.59 Å². The third-order valence-electron chi connectivity index (χ3n) is 7.04. The van der Waals surface area contributed by atoms with Gasteiger partial charge >= 0.3 is 5.97 Å². The highest BCUT2D eigenvalue weighted by molar-refractivity contribution is 9.10. The summed E-state index contributed by atoms with van der Waals surface area (Å²) in [5.74, 6) is 1.52. The van der Waals surface area contributed by atoms with Gasteiger partial charge in [-0.15, -0.1) is 0 Å². The summed E-state index contributed by atoms with van der Waals surface area (Å²) in [5.41, 5.74) is 2.81. The minimum Gasteiger partial charge on any atom is -0.493 e. The summed E-state index contributed by atoms with van der Waals surface area (Å²) in [4.78, 5) is 32.5. The Morgan fingerprint density at radius 1 is 0.977 bits per heavy atom. The van der Waals surface area contributed by atoms with Crippen LogP contribution < -0.4 is 33.8 Å². The van der Waals surface area contributed by atoms with Gasteiger partial charge in [0.1, 0.15) is 6.61 Å². The Labute approximate surface area is 266 Å². The zero-order chi connectivity index (χ0) is 31.4. The number of allylic oxidation sites excluding steroid dienone is 1. The summed E-state index contributed by atoms with van der Waals surface area (Å²) in [6, 6.07) is 18.0. The second-order valence-corrected chi connectivity index (χ2v) is 11.6. The first-order chi connectivity index (χ1) is 21.3. The predicted molar refractivity (Wildman–Crippen MR) is 171 cm³/mol. The zero-order valence-corrected chi connectivity index (χ0v) is 27.3. The lowest BCUT2D eigenvalue weighted by atomic mass is 9.95. The summed E-state index contributed by atoms with van der Waals surface area (Å²) < 4.78 is 30.6. The lowest BCUT2D eigenvalue weighted by Gasteiger charge is -2.26. The molecule has 0 N–H and O–H groups in total. The van der Waals surface area contributed by atoms with Crippen LogP contribution in [-0.2, 0) is 16.1 Å². The molecule has 0 radical (unpaired) electrons. The molecule has 228 valence electrons. The zero-order valence-electron chi connectivity index (χ0n) is 24.9. The highest BCUT2D eigenvalue weighted by atomic mass is 79.9. The van der Waals surface area contributed by atoms with E-state index in [0.717, 1.165) is 11.1 Å². The number of esters is 1. The molecule has 3 aromatic carbocycles. The molecule has 0 amide bonds. The maximum atomic E-state index is 14.1. The number of fused-ring (bicyclic) bond motifs is 1. The molecular weight excluding hydrogens is 648 g/mol. The van der Waals surface area contributed by atoms with E-state index < -0.39 is 12.0 Å². The largest absolute Gasteiger partial charge is 0.493 e. The number of methoxy groups -OCH3 is 3. The Bertz CT molecular complexity index is 1910. The molecule has 1 aromatic heterocycles. The molecule has 0 bridgehead atoms. The van der Waals surface area contributed by atoms with Crippen molar-refractivity contribution in [2.75, 3.05) is 27.9 Å². The maximum Gasteiger partial charge on any atom is 0.338 e. The van der Waals surface area contributed by atoms with E-state index >= 15 is 0 Å². The van der Waals surface area contributed by atoms with Gasteiger partial charge in [-0.1, -0.05) is 63.7 Å². The number of rotatable bonds is 10. The van der Waals surface area contributed by atoms with Crippen molar-refractivity contribution in [3.8, 4) is 23.0 Å². The van der Waals surface area contributed by atoms with Crippen LogP contribution in [-0.4, -0.2) is 38.5 Å². The second kappa shape index (κ2) is 13.5. The molecule has 5 rings (SSSR count). The van der Waals surface area contributed by atoms with E-state index in [1.165, 1.54) is 30.1 Å². The molecule has 44 heavy (non-hydrogen) atoms. The van der Waals surface area contributed by atoms with Gasteiger partial charge in [-0.25, -0.2) is 9.79 Å². The van der Waals surface area contributed by atoms with Crippen molar-refractivity contribution in [2.45, 2.75) is 26.5 Å². The smallest absolute Gasteiger partial charge is 0.338 e. The number of halogens is 1. The van der Waals surface area contributed by atoms with Crippen LogP contribution in [0.4, 0.5) is 0 Å². The first-order valence-electron chi connectivity index (χ1n) is 13.7. The first-order valence-corrected chi connectivity index (χ1v) is 15.4. The SMILES string of the molecule is CCOC(=O)C1=C(C)N=c2s/c(=C\c3ccc(OCc4ccccc4)c(OC)c3)c(=O)n2[C@@H]1c1cc(OC)c(OC)cc1Br. The van der Waals surface area contributed by atoms with Gasteiger partial charge in [0.15, 0.2) is 27.8 Å². The van der Waals surface area contributed by atoms with Crippen LogP contribution >= 0.6 is 27.3 Å². The van der Waals surface area contributed by atoms with E-state index in [1.54, 1.807) is 39.2 Å². The monoisotopic (exact) mass is 678 g/mol. The topological polar surface area (TPSA) is 97.6 Å². The number of hydrogen-bond donors (Lipinski definition) is 0. The van der Waals surface area contributed by atoms with Crippen LogP contribution in [0.5, 0.6) is 23.0 Å². The number of carbonyl (C=O) groups is 1. The number of ether oxygens (including phenoxy) is 5. The summed E-state index contributed by atoms with van der Waals surface area (Å²) >= 11 is 4.86. The van der Waals surface area contributed by atoms with Gasteiger partial charge in [0.05, 0.1) is 49.8 Å². The van der Waals surface area contributed by atoms with Gasteiger partial charge in [-0.3, -0.25) is 9.36 Å². The lowest BCUT2D eigenvalue weighted by molar-refractivity contribution is -0.139. The van der Waals surface area contributed by atoms with Gasteiger partial charge in [0, 0.05) is 4.47 Å². The van der Waals surface area contributed by atoms with Crippen LogP contribution in [0, 0.1) is 0 Å². The quantitative estimate of drug-likeness (QED) is 0.214. The summed E-state index contributed by atoms with van der Waals surface area (Å²) in [6.07, 6.45) is 1.78. The Hall–Kier alpha value is -4.35. The molecule has 0 spiro atoms. The summed E-state index contributed by atoms with van der Waals surface area (Å²) in [7, 11) is 4.64. The van der Waals surface area contributed by atoms with Gasteiger partial charge in [0.2, 0.25) is 0 Å². The van der Waals surface area contributed by atoms with Gasteiger partial charge in [0.25, 0.3) is 5.56 Å². The average molecular weight is 680 g/mol. The van der Waals surface area contributed by atoms with Gasteiger partial charge in [-0.2, -0.15) is 0 Å². The molecule has 0 saturated carbocycles. The van der Waals surface area contributed by atoms with Crippen LogP contribution in [0.2, 0.25) is 0 Å². The van der Waals surface area contributed by atoms with Crippen molar-refractivity contribution < 1.29 is 28.5 Å². The molecule has 1 aliphatic rings. The fourth-order valence-electron chi connectivity index (χ4n) is 4.95. The Morgan fingerprint density at radius 3 is 2.34 bits per heavy atom.